The molecule has 8 heteroatoms. The molecule has 0 radical (unpaired) electrons. The molecule has 0 fully saturated rings. The zero-order chi connectivity index (χ0) is 16.3. The van der Waals surface area contributed by atoms with Crippen LogP contribution in [0, 0.1) is 0 Å². The van der Waals surface area contributed by atoms with Crippen LogP contribution in [-0.2, 0) is 6.18 Å². The maximum absolute atomic E-state index is 12.8. The van der Waals surface area contributed by atoms with E-state index in [0.717, 1.165) is 12.1 Å². The zero-order valence-corrected chi connectivity index (χ0v) is 12.4. The molecule has 0 aromatic heterocycles. The fourth-order valence-corrected chi connectivity index (χ4v) is 2.04. The van der Waals surface area contributed by atoms with Gasteiger partial charge in [0.05, 0.1) is 10.6 Å². The minimum atomic E-state index is -4.57. The molecule has 0 atom stereocenters. The Morgan fingerprint density at radius 2 is 1.86 bits per heavy atom. The highest BCUT2D eigenvalue weighted by Gasteiger charge is 2.33. The van der Waals surface area contributed by atoms with Crippen molar-refractivity contribution in [3.05, 3.63) is 53.1 Å². The second-order valence-corrected chi connectivity index (χ2v) is 4.95. The number of phenols is 1. The van der Waals surface area contributed by atoms with Gasteiger partial charge in [0.1, 0.15) is 0 Å². The third-order valence-corrected chi connectivity index (χ3v) is 3.10. The maximum atomic E-state index is 12.8. The van der Waals surface area contributed by atoms with Gasteiger partial charge in [-0.1, -0.05) is 23.7 Å². The number of anilines is 1. The first-order valence-electron chi connectivity index (χ1n) is 5.91. The van der Waals surface area contributed by atoms with Crippen molar-refractivity contribution in [2.75, 3.05) is 5.32 Å². The first-order valence-corrected chi connectivity index (χ1v) is 6.69. The van der Waals surface area contributed by atoms with Crippen molar-refractivity contribution in [3.63, 3.8) is 0 Å². The fraction of sp³-hybridized carbons (Fsp3) is 0.0714. The number of phenolic OH excluding ortho intramolecular Hbond substituents is 1. The van der Waals surface area contributed by atoms with Crippen molar-refractivity contribution < 1.29 is 23.0 Å². The van der Waals surface area contributed by atoms with E-state index in [0.29, 0.717) is 0 Å². The van der Waals surface area contributed by atoms with Crippen LogP contribution >= 0.6 is 23.8 Å². The molecular weight excluding hydrogens is 339 g/mol. The summed E-state index contributed by atoms with van der Waals surface area (Å²) >= 11 is 10.4. The minimum absolute atomic E-state index is 0.0668. The standard InChI is InChI=1S/C14H9ClF3NO2S/c15-10-6-5-8(7-9(10)14(16,17)18)19-13(22)21-12-4-2-1-3-11(12)20/h1-7,20H,(H,19,22). The summed E-state index contributed by atoms with van der Waals surface area (Å²) in [6, 6.07) is 9.32. The summed E-state index contributed by atoms with van der Waals surface area (Å²) in [4.78, 5) is 0. The van der Waals surface area contributed by atoms with E-state index in [1.54, 1.807) is 12.1 Å². The molecule has 116 valence electrons. The lowest BCUT2D eigenvalue weighted by atomic mass is 10.2. The lowest BCUT2D eigenvalue weighted by molar-refractivity contribution is -0.137. The molecule has 3 nitrogen and oxygen atoms in total. The van der Waals surface area contributed by atoms with Gasteiger partial charge in [0.15, 0.2) is 11.5 Å². The van der Waals surface area contributed by atoms with Gasteiger partial charge in [-0.25, -0.2) is 0 Å². The second kappa shape index (κ2) is 6.41. The Balaban J connectivity index is 2.14. The number of aromatic hydroxyl groups is 1. The van der Waals surface area contributed by atoms with Gasteiger partial charge in [0, 0.05) is 5.69 Å². The highest BCUT2D eigenvalue weighted by Crippen LogP contribution is 2.36. The molecule has 0 saturated heterocycles. The molecule has 0 spiro atoms. The van der Waals surface area contributed by atoms with Gasteiger partial charge in [0.2, 0.25) is 0 Å². The quantitative estimate of drug-likeness (QED) is 0.763. The predicted octanol–water partition coefficient (Wildman–Crippen LogP) is 4.84. The first kappa shape index (κ1) is 16.4. The summed E-state index contributed by atoms with van der Waals surface area (Å²) in [5.41, 5.74) is -0.915. The molecule has 0 amide bonds. The fourth-order valence-electron chi connectivity index (χ4n) is 1.61. The molecule has 0 saturated carbocycles. The molecule has 0 aliphatic rings. The molecule has 0 aliphatic carbocycles. The van der Waals surface area contributed by atoms with Crippen LogP contribution in [0.4, 0.5) is 18.9 Å². The Hall–Kier alpha value is -1.99. The lowest BCUT2D eigenvalue weighted by Crippen LogP contribution is -2.17. The highest BCUT2D eigenvalue weighted by molar-refractivity contribution is 7.80. The third-order valence-electron chi connectivity index (χ3n) is 2.59. The van der Waals surface area contributed by atoms with Gasteiger partial charge in [-0.15, -0.1) is 0 Å². The molecule has 0 aliphatic heterocycles. The third kappa shape index (κ3) is 4.02. The van der Waals surface area contributed by atoms with Crippen LogP contribution in [-0.4, -0.2) is 10.3 Å². The topological polar surface area (TPSA) is 41.5 Å². The highest BCUT2D eigenvalue weighted by atomic mass is 35.5. The lowest BCUT2D eigenvalue weighted by Gasteiger charge is -2.13. The van der Waals surface area contributed by atoms with E-state index in [2.05, 4.69) is 5.32 Å². The minimum Gasteiger partial charge on any atom is -0.504 e. The number of rotatable bonds is 2. The molecule has 0 bridgehead atoms. The van der Waals surface area contributed by atoms with E-state index in [1.807, 2.05) is 0 Å². The summed E-state index contributed by atoms with van der Waals surface area (Å²) in [5.74, 6) is -0.0521. The number of hydrogen-bond donors (Lipinski definition) is 2. The smallest absolute Gasteiger partial charge is 0.417 e. The Morgan fingerprint density at radius 3 is 2.50 bits per heavy atom. The van der Waals surface area contributed by atoms with Crippen molar-refractivity contribution >= 4 is 34.7 Å². The summed E-state index contributed by atoms with van der Waals surface area (Å²) in [6.07, 6.45) is -4.57. The molecule has 0 heterocycles. The number of benzene rings is 2. The number of halogens is 4. The van der Waals surface area contributed by atoms with E-state index in [1.165, 1.54) is 18.2 Å². The molecule has 2 rings (SSSR count). The molecule has 22 heavy (non-hydrogen) atoms. The normalized spacial score (nSPS) is 11.1. The Bertz CT molecular complexity index is 707. The summed E-state index contributed by atoms with van der Waals surface area (Å²) < 4.78 is 43.4. The van der Waals surface area contributed by atoms with Crippen LogP contribution in [0.25, 0.3) is 0 Å². The van der Waals surface area contributed by atoms with Gasteiger partial charge in [-0.2, -0.15) is 13.2 Å². The van der Waals surface area contributed by atoms with Gasteiger partial charge >= 0.3 is 6.18 Å². The SMILES string of the molecule is Oc1ccccc1OC(=S)Nc1ccc(Cl)c(C(F)(F)F)c1. The largest absolute Gasteiger partial charge is 0.504 e. The van der Waals surface area contributed by atoms with Crippen molar-refractivity contribution in [2.45, 2.75) is 6.18 Å². The molecule has 0 unspecified atom stereocenters. The zero-order valence-electron chi connectivity index (χ0n) is 10.8. The number of hydrogen-bond acceptors (Lipinski definition) is 3. The van der Waals surface area contributed by atoms with Crippen LogP contribution in [0.1, 0.15) is 5.56 Å². The summed E-state index contributed by atoms with van der Waals surface area (Å²) in [5, 5.41) is 11.4. The van der Waals surface area contributed by atoms with E-state index in [9.17, 15) is 18.3 Å². The van der Waals surface area contributed by atoms with Gasteiger partial charge in [-0.05, 0) is 42.5 Å². The molecular formula is C14H9ClF3NO2S. The van der Waals surface area contributed by atoms with Crippen molar-refractivity contribution in [1.29, 1.82) is 0 Å². The van der Waals surface area contributed by atoms with Crippen LogP contribution in [0.15, 0.2) is 42.5 Å². The van der Waals surface area contributed by atoms with Crippen LogP contribution in [0.3, 0.4) is 0 Å². The summed E-state index contributed by atoms with van der Waals surface area (Å²) in [7, 11) is 0. The van der Waals surface area contributed by atoms with E-state index in [4.69, 9.17) is 28.6 Å². The van der Waals surface area contributed by atoms with Gasteiger partial charge < -0.3 is 15.2 Å². The molecule has 2 aromatic carbocycles. The van der Waals surface area contributed by atoms with E-state index < -0.39 is 16.8 Å². The van der Waals surface area contributed by atoms with Gasteiger partial charge in [0.25, 0.3) is 5.17 Å². The Kier molecular flexibility index (Phi) is 4.77. The molecule has 2 N–H and O–H groups in total. The van der Waals surface area contributed by atoms with Crippen LogP contribution in [0.2, 0.25) is 5.02 Å². The van der Waals surface area contributed by atoms with Crippen molar-refractivity contribution in [1.82, 2.24) is 0 Å². The average Bonchev–Trinajstić information content (AvgIpc) is 2.42. The average molecular weight is 348 g/mol. The van der Waals surface area contributed by atoms with Crippen LogP contribution in [0.5, 0.6) is 11.5 Å². The number of alkyl halides is 3. The predicted molar refractivity (Wildman–Crippen MR) is 81.4 cm³/mol. The van der Waals surface area contributed by atoms with E-state index >= 15 is 0 Å². The van der Waals surface area contributed by atoms with Crippen molar-refractivity contribution in [2.24, 2.45) is 0 Å². The monoisotopic (exact) mass is 347 g/mol. The van der Waals surface area contributed by atoms with E-state index in [-0.39, 0.29) is 22.4 Å². The second-order valence-electron chi connectivity index (χ2n) is 4.17. The van der Waals surface area contributed by atoms with Crippen LogP contribution < -0.4 is 10.1 Å². The number of nitrogens with one attached hydrogen (secondary N) is 1. The number of thiocarbonyl (C=S) groups is 1. The molecule has 2 aromatic rings. The number of ether oxygens (including phenoxy) is 1. The summed E-state index contributed by atoms with van der Waals surface area (Å²) in [6.45, 7) is 0. The van der Waals surface area contributed by atoms with Gasteiger partial charge in [-0.3, -0.25) is 0 Å². The number of para-hydroxylation sites is 2. The Labute approximate surface area is 134 Å². The first-order chi connectivity index (χ1) is 10.3. The maximum Gasteiger partial charge on any atom is 0.417 e. The Morgan fingerprint density at radius 1 is 1.18 bits per heavy atom. The van der Waals surface area contributed by atoms with Crippen molar-refractivity contribution in [3.8, 4) is 11.5 Å².